The zero-order valence-electron chi connectivity index (χ0n) is 18.3. The van der Waals surface area contributed by atoms with Crippen molar-refractivity contribution < 1.29 is 14.0 Å². The fourth-order valence-electron chi connectivity index (χ4n) is 3.30. The molecule has 0 radical (unpaired) electrons. The van der Waals surface area contributed by atoms with E-state index in [0.717, 1.165) is 37.1 Å². The monoisotopic (exact) mass is 401 g/mol. The molecule has 0 aromatic carbocycles. The normalized spacial score (nSPS) is 12.0. The second-order valence-electron chi connectivity index (χ2n) is 7.68. The number of carbonyl (C=O) groups excluding carboxylic acids is 2. The molecule has 0 bridgehead atoms. The number of furan rings is 1. The fourth-order valence-corrected chi connectivity index (χ4v) is 3.30. The summed E-state index contributed by atoms with van der Waals surface area (Å²) in [7, 11) is 1.97. The molecule has 6 nitrogen and oxygen atoms in total. The molecular formula is C23H35N3O3. The highest BCUT2D eigenvalue weighted by molar-refractivity contribution is 5.85. The second-order valence-corrected chi connectivity index (χ2v) is 7.68. The van der Waals surface area contributed by atoms with Gasteiger partial charge in [-0.05, 0) is 44.0 Å². The molecule has 160 valence electrons. The Hall–Kier alpha value is -2.50. The lowest BCUT2D eigenvalue weighted by molar-refractivity contribution is -0.143. The van der Waals surface area contributed by atoms with Crippen molar-refractivity contribution in [2.45, 2.75) is 72.0 Å². The average Bonchev–Trinajstić information content (AvgIpc) is 3.37. The number of amides is 2. The van der Waals surface area contributed by atoms with Crippen molar-refractivity contribution in [1.29, 1.82) is 0 Å². The van der Waals surface area contributed by atoms with E-state index in [4.69, 9.17) is 4.42 Å². The molecule has 2 aromatic heterocycles. The second kappa shape index (κ2) is 11.5. The number of hydrogen-bond acceptors (Lipinski definition) is 3. The van der Waals surface area contributed by atoms with Crippen LogP contribution in [-0.2, 0) is 29.7 Å². The summed E-state index contributed by atoms with van der Waals surface area (Å²) in [5.41, 5.74) is 1.04. The molecule has 2 rings (SSSR count). The first-order chi connectivity index (χ1) is 14.0. The van der Waals surface area contributed by atoms with Gasteiger partial charge in [0.15, 0.2) is 0 Å². The van der Waals surface area contributed by atoms with E-state index in [1.807, 2.05) is 55.9 Å². The van der Waals surface area contributed by atoms with E-state index in [1.165, 1.54) is 0 Å². The summed E-state index contributed by atoms with van der Waals surface area (Å²) in [6.07, 6.45) is 7.88. The van der Waals surface area contributed by atoms with Gasteiger partial charge in [0.05, 0.1) is 19.4 Å². The van der Waals surface area contributed by atoms with Crippen molar-refractivity contribution in [3.05, 3.63) is 48.2 Å². The minimum Gasteiger partial charge on any atom is -0.467 e. The maximum absolute atomic E-state index is 13.3. The molecule has 0 aliphatic rings. The zero-order valence-corrected chi connectivity index (χ0v) is 18.3. The van der Waals surface area contributed by atoms with Gasteiger partial charge in [0.1, 0.15) is 12.3 Å². The van der Waals surface area contributed by atoms with Gasteiger partial charge in [0, 0.05) is 31.4 Å². The van der Waals surface area contributed by atoms with Crippen molar-refractivity contribution in [1.82, 2.24) is 14.4 Å². The van der Waals surface area contributed by atoms with E-state index < -0.39 is 0 Å². The summed E-state index contributed by atoms with van der Waals surface area (Å²) in [6.45, 7) is 7.14. The Morgan fingerprint density at radius 3 is 2.48 bits per heavy atom. The lowest BCUT2D eigenvalue weighted by Crippen LogP contribution is -2.46. The molecule has 2 heterocycles. The van der Waals surface area contributed by atoms with Gasteiger partial charge in [-0.1, -0.05) is 26.7 Å². The van der Waals surface area contributed by atoms with Crippen LogP contribution in [0.15, 0.2) is 41.1 Å². The Labute approximate surface area is 174 Å². The molecule has 2 amide bonds. The molecule has 0 fully saturated rings. The smallest absolute Gasteiger partial charge is 0.242 e. The van der Waals surface area contributed by atoms with Gasteiger partial charge in [-0.15, -0.1) is 0 Å². The molecule has 1 atom stereocenters. The van der Waals surface area contributed by atoms with Gasteiger partial charge in [-0.25, -0.2) is 0 Å². The summed E-state index contributed by atoms with van der Waals surface area (Å²) in [6, 6.07) is 7.70. The zero-order chi connectivity index (χ0) is 21.2. The van der Waals surface area contributed by atoms with Crippen LogP contribution in [0.1, 0.15) is 64.3 Å². The van der Waals surface area contributed by atoms with Crippen LogP contribution in [0.4, 0.5) is 0 Å². The van der Waals surface area contributed by atoms with Crippen molar-refractivity contribution >= 4 is 11.8 Å². The SMILES string of the molecule is CCCCCC(=O)N(CC(=O)N(Cc1ccco1)Cc1cccn1C)C(C)CC. The first-order valence-electron chi connectivity index (χ1n) is 10.7. The van der Waals surface area contributed by atoms with Crippen molar-refractivity contribution in [2.24, 2.45) is 7.05 Å². The molecule has 2 aromatic rings. The van der Waals surface area contributed by atoms with E-state index in [-0.39, 0.29) is 24.4 Å². The molecule has 0 N–H and O–H groups in total. The number of aromatic nitrogens is 1. The number of carbonyl (C=O) groups is 2. The molecular weight excluding hydrogens is 366 g/mol. The Bertz CT molecular complexity index is 751. The molecule has 29 heavy (non-hydrogen) atoms. The van der Waals surface area contributed by atoms with E-state index >= 15 is 0 Å². The van der Waals surface area contributed by atoms with Crippen LogP contribution in [0, 0.1) is 0 Å². The predicted molar refractivity (Wildman–Crippen MR) is 114 cm³/mol. The Morgan fingerprint density at radius 2 is 1.90 bits per heavy atom. The quantitative estimate of drug-likeness (QED) is 0.497. The minimum absolute atomic E-state index is 0.0357. The molecule has 0 spiro atoms. The van der Waals surface area contributed by atoms with E-state index in [1.54, 1.807) is 16.1 Å². The molecule has 1 unspecified atom stereocenters. The highest BCUT2D eigenvalue weighted by Crippen LogP contribution is 2.14. The number of nitrogens with zero attached hydrogens (tertiary/aromatic N) is 3. The summed E-state index contributed by atoms with van der Waals surface area (Å²) in [5.74, 6) is 0.738. The number of aryl methyl sites for hydroxylation is 1. The average molecular weight is 402 g/mol. The standard InChI is InChI=1S/C23H35N3O3/c1-5-7-8-13-22(27)26(19(3)6-2)18-23(28)25(17-21-12-10-15-29-21)16-20-11-9-14-24(20)4/h9-12,14-15,19H,5-8,13,16-18H2,1-4H3. The van der Waals surface area contributed by atoms with Crippen LogP contribution in [-0.4, -0.2) is 38.8 Å². The largest absolute Gasteiger partial charge is 0.467 e. The summed E-state index contributed by atoms with van der Waals surface area (Å²) in [4.78, 5) is 29.6. The van der Waals surface area contributed by atoms with Crippen LogP contribution in [0.25, 0.3) is 0 Å². The maximum Gasteiger partial charge on any atom is 0.242 e. The first kappa shape index (κ1) is 22.8. The van der Waals surface area contributed by atoms with Crippen molar-refractivity contribution in [3.8, 4) is 0 Å². The topological polar surface area (TPSA) is 58.7 Å². The molecule has 0 saturated carbocycles. The first-order valence-corrected chi connectivity index (χ1v) is 10.7. The van der Waals surface area contributed by atoms with Crippen LogP contribution < -0.4 is 0 Å². The molecule has 6 heteroatoms. The van der Waals surface area contributed by atoms with Crippen LogP contribution in [0.3, 0.4) is 0 Å². The summed E-state index contributed by atoms with van der Waals surface area (Å²) >= 11 is 0. The van der Waals surface area contributed by atoms with Crippen molar-refractivity contribution in [2.75, 3.05) is 6.54 Å². The number of hydrogen-bond donors (Lipinski definition) is 0. The van der Waals surface area contributed by atoms with E-state index in [0.29, 0.717) is 19.5 Å². The van der Waals surface area contributed by atoms with Gasteiger partial charge in [-0.2, -0.15) is 0 Å². The highest BCUT2D eigenvalue weighted by atomic mass is 16.3. The third-order valence-electron chi connectivity index (χ3n) is 5.43. The summed E-state index contributed by atoms with van der Waals surface area (Å²) in [5, 5.41) is 0. The predicted octanol–water partition coefficient (Wildman–Crippen LogP) is 4.35. The minimum atomic E-state index is -0.0632. The third kappa shape index (κ3) is 6.80. The lowest BCUT2D eigenvalue weighted by Gasteiger charge is -2.31. The van der Waals surface area contributed by atoms with Gasteiger partial charge in [0.2, 0.25) is 11.8 Å². The van der Waals surface area contributed by atoms with Gasteiger partial charge in [0.25, 0.3) is 0 Å². The van der Waals surface area contributed by atoms with E-state index in [2.05, 4.69) is 6.92 Å². The Morgan fingerprint density at radius 1 is 1.10 bits per heavy atom. The molecule has 0 saturated heterocycles. The van der Waals surface area contributed by atoms with Gasteiger partial charge < -0.3 is 18.8 Å². The van der Waals surface area contributed by atoms with Crippen molar-refractivity contribution in [3.63, 3.8) is 0 Å². The highest BCUT2D eigenvalue weighted by Gasteiger charge is 2.25. The Kier molecular flexibility index (Phi) is 9.03. The molecule has 0 aliphatic carbocycles. The fraction of sp³-hybridized carbons (Fsp3) is 0.565. The van der Waals surface area contributed by atoms with Gasteiger partial charge in [-0.3, -0.25) is 9.59 Å². The molecule has 0 aliphatic heterocycles. The van der Waals surface area contributed by atoms with Crippen LogP contribution in [0.5, 0.6) is 0 Å². The van der Waals surface area contributed by atoms with E-state index in [9.17, 15) is 9.59 Å². The third-order valence-corrected chi connectivity index (χ3v) is 5.43. The number of rotatable bonds is 12. The maximum atomic E-state index is 13.3. The van der Waals surface area contributed by atoms with Gasteiger partial charge >= 0.3 is 0 Å². The van der Waals surface area contributed by atoms with Crippen LogP contribution in [0.2, 0.25) is 0 Å². The summed E-state index contributed by atoms with van der Waals surface area (Å²) < 4.78 is 7.47. The Balaban J connectivity index is 2.13. The number of unbranched alkanes of at least 4 members (excludes halogenated alkanes) is 2. The lowest BCUT2D eigenvalue weighted by atomic mass is 10.1. The van der Waals surface area contributed by atoms with Crippen LogP contribution >= 0.6 is 0 Å².